The van der Waals surface area contributed by atoms with Gasteiger partial charge in [-0.05, 0) is 42.0 Å². The monoisotopic (exact) mass is 206 g/mol. The maximum Gasteiger partial charge on any atom is 0.0682 e. The predicted molar refractivity (Wildman–Crippen MR) is 61.9 cm³/mol. The van der Waals surface area contributed by atoms with Crippen LogP contribution in [-0.4, -0.2) is 5.11 Å². The van der Waals surface area contributed by atoms with Crippen molar-refractivity contribution in [1.29, 1.82) is 0 Å². The Labute approximate surface area is 88.0 Å². The highest BCUT2D eigenvalue weighted by Crippen LogP contribution is 2.31. The first kappa shape index (κ1) is 9.69. The average Bonchev–Trinajstić information content (AvgIpc) is 2.52. The molecule has 14 heavy (non-hydrogen) atoms. The minimum absolute atomic E-state index is 0.133. The van der Waals surface area contributed by atoms with Gasteiger partial charge in [0.05, 0.1) is 6.61 Å². The normalized spacial score (nSPS) is 11.1. The van der Waals surface area contributed by atoms with Gasteiger partial charge in [-0.15, -0.1) is 11.3 Å². The van der Waals surface area contributed by atoms with E-state index in [0.29, 0.717) is 0 Å². The fourth-order valence-corrected chi connectivity index (χ4v) is 2.99. The van der Waals surface area contributed by atoms with Crippen LogP contribution < -0.4 is 0 Å². The number of benzene rings is 1. The van der Waals surface area contributed by atoms with Crippen LogP contribution >= 0.6 is 11.3 Å². The number of hydrogen-bond acceptors (Lipinski definition) is 2. The molecule has 0 amide bonds. The molecule has 0 saturated carbocycles. The molecule has 0 atom stereocenters. The van der Waals surface area contributed by atoms with E-state index in [9.17, 15) is 0 Å². The van der Waals surface area contributed by atoms with Crippen LogP contribution in [-0.2, 0) is 13.0 Å². The summed E-state index contributed by atoms with van der Waals surface area (Å²) in [4.78, 5) is 1.40. The Hall–Kier alpha value is -0.860. The standard InChI is InChI=1S/C12H14OS/c1-3-10-8(2)14-12-5-4-9(7-13)6-11(10)12/h4-6,13H,3,7H2,1-2H3. The highest BCUT2D eigenvalue weighted by Gasteiger charge is 2.07. The van der Waals surface area contributed by atoms with Gasteiger partial charge in [-0.25, -0.2) is 0 Å². The Kier molecular flexibility index (Phi) is 2.57. The van der Waals surface area contributed by atoms with Crippen molar-refractivity contribution in [2.24, 2.45) is 0 Å². The lowest BCUT2D eigenvalue weighted by molar-refractivity contribution is 0.282. The zero-order valence-electron chi connectivity index (χ0n) is 8.50. The van der Waals surface area contributed by atoms with Crippen molar-refractivity contribution >= 4 is 21.4 Å². The van der Waals surface area contributed by atoms with E-state index in [2.05, 4.69) is 26.0 Å². The smallest absolute Gasteiger partial charge is 0.0682 e. The third kappa shape index (κ3) is 1.45. The lowest BCUT2D eigenvalue weighted by Gasteiger charge is -1.98. The number of rotatable bonds is 2. The zero-order valence-corrected chi connectivity index (χ0v) is 9.32. The van der Waals surface area contributed by atoms with Gasteiger partial charge in [0.1, 0.15) is 0 Å². The van der Waals surface area contributed by atoms with Gasteiger partial charge in [0, 0.05) is 9.58 Å². The molecule has 1 heterocycles. The molecule has 1 N–H and O–H groups in total. The number of fused-ring (bicyclic) bond motifs is 1. The SMILES string of the molecule is CCc1c(C)sc2ccc(CO)cc12. The van der Waals surface area contributed by atoms with Gasteiger partial charge in [-0.2, -0.15) is 0 Å². The van der Waals surface area contributed by atoms with Crippen LogP contribution in [0.25, 0.3) is 10.1 Å². The lowest BCUT2D eigenvalue weighted by Crippen LogP contribution is -1.83. The van der Waals surface area contributed by atoms with Gasteiger partial charge in [-0.1, -0.05) is 13.0 Å². The Morgan fingerprint density at radius 3 is 2.79 bits per heavy atom. The van der Waals surface area contributed by atoms with E-state index < -0.39 is 0 Å². The molecule has 0 unspecified atom stereocenters. The second kappa shape index (κ2) is 3.71. The highest BCUT2D eigenvalue weighted by atomic mass is 32.1. The molecule has 1 aromatic carbocycles. The minimum atomic E-state index is 0.133. The zero-order chi connectivity index (χ0) is 10.1. The van der Waals surface area contributed by atoms with E-state index >= 15 is 0 Å². The fourth-order valence-electron chi connectivity index (χ4n) is 1.86. The van der Waals surface area contributed by atoms with Gasteiger partial charge in [-0.3, -0.25) is 0 Å². The first-order valence-corrected chi connectivity index (χ1v) is 5.69. The number of aliphatic hydroxyl groups is 1. The van der Waals surface area contributed by atoms with Crippen LogP contribution in [0.3, 0.4) is 0 Å². The van der Waals surface area contributed by atoms with Crippen LogP contribution in [0.4, 0.5) is 0 Å². The molecule has 0 saturated heterocycles. The summed E-state index contributed by atoms with van der Waals surface area (Å²) < 4.78 is 1.33. The van der Waals surface area contributed by atoms with E-state index in [4.69, 9.17) is 5.11 Å². The average molecular weight is 206 g/mol. The van der Waals surface area contributed by atoms with E-state index in [1.165, 1.54) is 20.5 Å². The third-order valence-corrected chi connectivity index (χ3v) is 3.72. The molecule has 0 aliphatic rings. The summed E-state index contributed by atoms with van der Waals surface area (Å²) in [5, 5.41) is 10.4. The largest absolute Gasteiger partial charge is 0.392 e. The quantitative estimate of drug-likeness (QED) is 0.799. The first-order chi connectivity index (χ1) is 6.76. The molecule has 0 bridgehead atoms. The second-order valence-corrected chi connectivity index (χ2v) is 4.74. The van der Waals surface area contributed by atoms with Crippen molar-refractivity contribution < 1.29 is 5.11 Å². The summed E-state index contributed by atoms with van der Waals surface area (Å²) in [6.45, 7) is 4.48. The molecule has 0 aliphatic carbocycles. The summed E-state index contributed by atoms with van der Waals surface area (Å²) in [5.41, 5.74) is 2.44. The minimum Gasteiger partial charge on any atom is -0.392 e. The van der Waals surface area contributed by atoms with E-state index in [0.717, 1.165) is 12.0 Å². The summed E-state index contributed by atoms with van der Waals surface area (Å²) in [6.07, 6.45) is 1.07. The maximum absolute atomic E-state index is 9.07. The van der Waals surface area contributed by atoms with Crippen molar-refractivity contribution in [3.05, 3.63) is 34.2 Å². The van der Waals surface area contributed by atoms with Crippen molar-refractivity contribution in [3.8, 4) is 0 Å². The third-order valence-electron chi connectivity index (χ3n) is 2.59. The van der Waals surface area contributed by atoms with E-state index in [1.54, 1.807) is 0 Å². The number of aryl methyl sites for hydroxylation is 2. The van der Waals surface area contributed by atoms with Crippen molar-refractivity contribution in [1.82, 2.24) is 0 Å². The molecule has 0 spiro atoms. The molecule has 2 aromatic rings. The van der Waals surface area contributed by atoms with Crippen LogP contribution in [0.15, 0.2) is 18.2 Å². The van der Waals surface area contributed by atoms with Crippen LogP contribution in [0.1, 0.15) is 22.9 Å². The molecule has 74 valence electrons. The summed E-state index contributed by atoms with van der Waals surface area (Å²) >= 11 is 1.84. The van der Waals surface area contributed by atoms with Crippen molar-refractivity contribution in [2.75, 3.05) is 0 Å². The van der Waals surface area contributed by atoms with E-state index in [-0.39, 0.29) is 6.61 Å². The summed E-state index contributed by atoms with van der Waals surface area (Å²) in [6, 6.07) is 6.22. The molecular weight excluding hydrogens is 192 g/mol. The van der Waals surface area contributed by atoms with Crippen LogP contribution in [0.2, 0.25) is 0 Å². The van der Waals surface area contributed by atoms with Crippen molar-refractivity contribution in [3.63, 3.8) is 0 Å². The van der Waals surface area contributed by atoms with Crippen molar-refractivity contribution in [2.45, 2.75) is 26.9 Å². The molecule has 0 fully saturated rings. The van der Waals surface area contributed by atoms with Gasteiger partial charge in [0.25, 0.3) is 0 Å². The Balaban J connectivity index is 2.71. The Morgan fingerprint density at radius 2 is 2.14 bits per heavy atom. The number of aliphatic hydroxyl groups excluding tert-OH is 1. The molecule has 0 aliphatic heterocycles. The first-order valence-electron chi connectivity index (χ1n) is 4.88. The van der Waals surface area contributed by atoms with Crippen LogP contribution in [0.5, 0.6) is 0 Å². The topological polar surface area (TPSA) is 20.2 Å². The maximum atomic E-state index is 9.07. The van der Waals surface area contributed by atoms with Gasteiger partial charge >= 0.3 is 0 Å². The van der Waals surface area contributed by atoms with Gasteiger partial charge < -0.3 is 5.11 Å². The van der Waals surface area contributed by atoms with E-state index in [1.807, 2.05) is 17.4 Å². The predicted octanol–water partition coefficient (Wildman–Crippen LogP) is 3.26. The second-order valence-electron chi connectivity index (χ2n) is 3.48. The Morgan fingerprint density at radius 1 is 1.36 bits per heavy atom. The Bertz CT molecular complexity index is 457. The molecule has 1 nitrogen and oxygen atoms in total. The molecule has 1 aromatic heterocycles. The molecule has 2 rings (SSSR count). The van der Waals surface area contributed by atoms with Gasteiger partial charge in [0.15, 0.2) is 0 Å². The lowest BCUT2D eigenvalue weighted by atomic mass is 10.1. The molecular formula is C12H14OS. The highest BCUT2D eigenvalue weighted by molar-refractivity contribution is 7.19. The van der Waals surface area contributed by atoms with Crippen LogP contribution in [0, 0.1) is 6.92 Å². The summed E-state index contributed by atoms with van der Waals surface area (Å²) in [5.74, 6) is 0. The number of thiophene rings is 1. The number of hydrogen-bond donors (Lipinski definition) is 1. The molecule has 0 radical (unpaired) electrons. The molecule has 2 heteroatoms. The summed E-state index contributed by atoms with van der Waals surface area (Å²) in [7, 11) is 0. The fraction of sp³-hybridized carbons (Fsp3) is 0.333. The van der Waals surface area contributed by atoms with Gasteiger partial charge in [0.2, 0.25) is 0 Å².